The summed E-state index contributed by atoms with van der Waals surface area (Å²) in [4.78, 5) is 11.4. The molecular weight excluding hydrogens is 216 g/mol. The molecule has 2 aliphatic rings. The van der Waals surface area contributed by atoms with Gasteiger partial charge in [-0.1, -0.05) is 6.58 Å². The summed E-state index contributed by atoms with van der Waals surface area (Å²) in [6.45, 7) is 7.06. The molecule has 2 fully saturated rings. The van der Waals surface area contributed by atoms with Gasteiger partial charge in [0.2, 0.25) is 0 Å². The molecule has 2 bridgehead atoms. The average Bonchev–Trinajstić information content (AvgIpc) is 2.87. The minimum absolute atomic E-state index is 0.0208. The summed E-state index contributed by atoms with van der Waals surface area (Å²) in [5.41, 5.74) is -0.537. The highest BCUT2D eigenvalue weighted by atomic mass is 16.5. The van der Waals surface area contributed by atoms with Crippen molar-refractivity contribution in [1.82, 2.24) is 0 Å². The highest BCUT2D eigenvalue weighted by Gasteiger charge is 2.55. The summed E-state index contributed by atoms with van der Waals surface area (Å²) >= 11 is 0. The Labute approximate surface area is 103 Å². The van der Waals surface area contributed by atoms with Crippen molar-refractivity contribution in [3.8, 4) is 0 Å². The molecule has 0 spiro atoms. The summed E-state index contributed by atoms with van der Waals surface area (Å²) in [7, 11) is 0. The molecule has 96 valence electrons. The Morgan fingerprint density at radius 2 is 2.12 bits per heavy atom. The Bertz CT molecular complexity index is 335. The van der Waals surface area contributed by atoms with Gasteiger partial charge in [0.1, 0.15) is 12.2 Å². The van der Waals surface area contributed by atoms with E-state index in [-0.39, 0.29) is 12.0 Å². The van der Waals surface area contributed by atoms with E-state index < -0.39 is 11.6 Å². The zero-order valence-corrected chi connectivity index (χ0v) is 10.8. The minimum atomic E-state index is -0.899. The third kappa shape index (κ3) is 2.13. The van der Waals surface area contributed by atoms with E-state index in [1.165, 1.54) is 12.8 Å². The molecule has 2 aliphatic carbocycles. The summed E-state index contributed by atoms with van der Waals surface area (Å²) in [6, 6.07) is 0. The molecule has 0 aromatic carbocycles. The van der Waals surface area contributed by atoms with E-state index in [1.54, 1.807) is 6.92 Å². The number of hydrogen-bond donors (Lipinski definition) is 1. The lowest BCUT2D eigenvalue weighted by molar-refractivity contribution is -0.156. The maximum Gasteiger partial charge on any atom is 0.333 e. The van der Waals surface area contributed by atoms with Gasteiger partial charge in [0.25, 0.3) is 0 Å². The lowest BCUT2D eigenvalue weighted by atomic mass is 9.71. The van der Waals surface area contributed by atoms with Crippen LogP contribution in [0, 0.1) is 11.3 Å². The molecular formula is C14H22O3. The molecule has 2 saturated carbocycles. The predicted octanol–water partition coefficient (Wildman–Crippen LogP) is 2.44. The van der Waals surface area contributed by atoms with Crippen molar-refractivity contribution in [2.75, 3.05) is 6.61 Å². The maximum absolute atomic E-state index is 11.4. The monoisotopic (exact) mass is 238 g/mol. The second-order valence-electron chi connectivity index (χ2n) is 6.06. The van der Waals surface area contributed by atoms with Gasteiger partial charge in [0.05, 0.1) is 0 Å². The zero-order chi connectivity index (χ0) is 12.7. The van der Waals surface area contributed by atoms with Gasteiger partial charge in [-0.15, -0.1) is 0 Å². The van der Waals surface area contributed by atoms with E-state index in [0.717, 1.165) is 25.2 Å². The van der Waals surface area contributed by atoms with E-state index >= 15 is 0 Å². The molecule has 0 radical (unpaired) electrons. The lowest BCUT2D eigenvalue weighted by Gasteiger charge is -2.41. The van der Waals surface area contributed by atoms with Crippen molar-refractivity contribution < 1.29 is 14.6 Å². The number of fused-ring (bicyclic) bond motifs is 2. The number of carbonyl (C=O) groups is 1. The van der Waals surface area contributed by atoms with Crippen LogP contribution in [0.25, 0.3) is 0 Å². The van der Waals surface area contributed by atoms with Crippen LogP contribution in [0.15, 0.2) is 12.2 Å². The fraction of sp³-hybridized carbons (Fsp3) is 0.786. The average molecular weight is 238 g/mol. The van der Waals surface area contributed by atoms with Crippen molar-refractivity contribution >= 4 is 5.97 Å². The highest BCUT2D eigenvalue weighted by Crippen LogP contribution is 2.59. The molecule has 0 aromatic rings. The molecule has 2 rings (SSSR count). The highest BCUT2D eigenvalue weighted by molar-refractivity contribution is 5.86. The molecule has 3 nitrogen and oxygen atoms in total. The molecule has 17 heavy (non-hydrogen) atoms. The van der Waals surface area contributed by atoms with Crippen molar-refractivity contribution in [3.05, 3.63) is 12.2 Å². The van der Waals surface area contributed by atoms with Crippen molar-refractivity contribution in [3.63, 3.8) is 0 Å². The Kier molecular flexibility index (Phi) is 3.06. The van der Waals surface area contributed by atoms with Crippen molar-refractivity contribution in [2.45, 2.75) is 51.6 Å². The summed E-state index contributed by atoms with van der Waals surface area (Å²) in [5, 5.41) is 10.6. The Hall–Kier alpha value is -0.830. The van der Waals surface area contributed by atoms with Gasteiger partial charge in [-0.3, -0.25) is 0 Å². The molecule has 1 N–H and O–H groups in total. The third-order valence-corrected chi connectivity index (χ3v) is 4.72. The second-order valence-corrected chi connectivity index (χ2v) is 6.06. The van der Waals surface area contributed by atoms with Gasteiger partial charge >= 0.3 is 5.97 Å². The fourth-order valence-electron chi connectivity index (χ4n) is 3.43. The topological polar surface area (TPSA) is 46.5 Å². The summed E-state index contributed by atoms with van der Waals surface area (Å²) in [5.74, 6) is 0.368. The SMILES string of the molecule is C=C(C)C(=O)OCC(C)(O)C12CCC(CC1)C2. The maximum atomic E-state index is 11.4. The van der Waals surface area contributed by atoms with Gasteiger partial charge in [-0.05, 0) is 51.9 Å². The Morgan fingerprint density at radius 1 is 1.53 bits per heavy atom. The first-order chi connectivity index (χ1) is 7.86. The van der Waals surface area contributed by atoms with Crippen molar-refractivity contribution in [1.29, 1.82) is 0 Å². The van der Waals surface area contributed by atoms with Crippen LogP contribution in [0.3, 0.4) is 0 Å². The Morgan fingerprint density at radius 3 is 2.53 bits per heavy atom. The summed E-state index contributed by atoms with van der Waals surface area (Å²) in [6.07, 6.45) is 5.64. The van der Waals surface area contributed by atoms with E-state index in [2.05, 4.69) is 6.58 Å². The lowest BCUT2D eigenvalue weighted by Crippen LogP contribution is -2.47. The first kappa shape index (κ1) is 12.6. The van der Waals surface area contributed by atoms with E-state index in [1.807, 2.05) is 6.92 Å². The second kappa shape index (κ2) is 4.13. The van der Waals surface area contributed by atoms with Crippen LogP contribution >= 0.6 is 0 Å². The molecule has 0 amide bonds. The number of aliphatic hydroxyl groups is 1. The van der Waals surface area contributed by atoms with Gasteiger partial charge < -0.3 is 9.84 Å². The number of esters is 1. The van der Waals surface area contributed by atoms with Gasteiger partial charge in [0, 0.05) is 11.0 Å². The smallest absolute Gasteiger partial charge is 0.333 e. The standard InChI is InChI=1S/C14H22O3/c1-10(2)12(15)17-9-13(3,16)14-6-4-11(8-14)5-7-14/h11,16H,1,4-9H2,2-3H3. The Balaban J connectivity index is 1.99. The van der Waals surface area contributed by atoms with Gasteiger partial charge in [-0.2, -0.15) is 0 Å². The van der Waals surface area contributed by atoms with Crippen LogP contribution in [0.2, 0.25) is 0 Å². The number of carbonyl (C=O) groups excluding carboxylic acids is 1. The summed E-state index contributed by atoms with van der Waals surface area (Å²) < 4.78 is 5.14. The van der Waals surface area contributed by atoms with Crippen molar-refractivity contribution in [2.24, 2.45) is 11.3 Å². The number of hydrogen-bond acceptors (Lipinski definition) is 3. The van der Waals surface area contributed by atoms with Crippen LogP contribution in [0.5, 0.6) is 0 Å². The quantitative estimate of drug-likeness (QED) is 0.604. The van der Waals surface area contributed by atoms with Gasteiger partial charge in [-0.25, -0.2) is 4.79 Å². The van der Waals surface area contributed by atoms with E-state index in [9.17, 15) is 9.90 Å². The van der Waals surface area contributed by atoms with E-state index in [0.29, 0.717) is 5.57 Å². The van der Waals surface area contributed by atoms with Crippen LogP contribution in [-0.2, 0) is 9.53 Å². The molecule has 3 heteroatoms. The largest absolute Gasteiger partial charge is 0.459 e. The normalized spacial score (nSPS) is 34.4. The van der Waals surface area contributed by atoms with Gasteiger partial charge in [0.15, 0.2) is 0 Å². The van der Waals surface area contributed by atoms with Crippen LogP contribution in [0.1, 0.15) is 46.0 Å². The minimum Gasteiger partial charge on any atom is -0.459 e. The first-order valence-electron chi connectivity index (χ1n) is 6.41. The first-order valence-corrected chi connectivity index (χ1v) is 6.41. The van der Waals surface area contributed by atoms with Crippen LogP contribution in [0.4, 0.5) is 0 Å². The number of ether oxygens (including phenoxy) is 1. The molecule has 0 aliphatic heterocycles. The zero-order valence-electron chi connectivity index (χ0n) is 10.8. The molecule has 0 heterocycles. The van der Waals surface area contributed by atoms with Crippen LogP contribution in [-0.4, -0.2) is 23.3 Å². The fourth-order valence-corrected chi connectivity index (χ4v) is 3.43. The third-order valence-electron chi connectivity index (χ3n) is 4.72. The van der Waals surface area contributed by atoms with Crippen LogP contribution < -0.4 is 0 Å². The molecule has 1 atom stereocenters. The molecule has 0 aromatic heterocycles. The number of rotatable bonds is 4. The predicted molar refractivity (Wildman–Crippen MR) is 65.4 cm³/mol. The van der Waals surface area contributed by atoms with E-state index in [4.69, 9.17) is 4.74 Å². The molecule has 1 unspecified atom stereocenters. The molecule has 0 saturated heterocycles.